The molecule has 1 N–H and O–H groups in total. The molecule has 27 heavy (non-hydrogen) atoms. The fourth-order valence-corrected chi connectivity index (χ4v) is 3.44. The van der Waals surface area contributed by atoms with Crippen LogP contribution in [0.1, 0.15) is 21.5 Å². The molecule has 1 aliphatic rings. The monoisotopic (exact) mass is 384 g/mol. The zero-order chi connectivity index (χ0) is 19.4. The highest BCUT2D eigenvalue weighted by molar-refractivity contribution is 8.18. The first-order valence-electron chi connectivity index (χ1n) is 8.30. The van der Waals surface area contributed by atoms with Crippen LogP contribution in [-0.4, -0.2) is 35.0 Å². The van der Waals surface area contributed by atoms with Gasteiger partial charge in [-0.2, -0.15) is 0 Å². The number of aryl methyl sites for hydroxylation is 1. The Kier molecular flexibility index (Phi) is 5.71. The lowest BCUT2D eigenvalue weighted by Crippen LogP contribution is -2.37. The third-order valence-electron chi connectivity index (χ3n) is 3.94. The van der Waals surface area contributed by atoms with Crippen molar-refractivity contribution in [3.8, 4) is 0 Å². The molecule has 2 aromatic rings. The molecule has 0 atom stereocenters. The molecule has 0 aliphatic carbocycles. The Morgan fingerprint density at radius 2 is 1.93 bits per heavy atom. The van der Waals surface area contributed by atoms with E-state index in [2.05, 4.69) is 5.32 Å². The summed E-state index contributed by atoms with van der Waals surface area (Å²) < 4.78 is 13.0. The van der Waals surface area contributed by atoms with Gasteiger partial charge in [-0.05, 0) is 54.6 Å². The van der Waals surface area contributed by atoms with Crippen LogP contribution >= 0.6 is 11.8 Å². The van der Waals surface area contributed by atoms with E-state index in [1.54, 1.807) is 24.3 Å². The normalized spacial score (nSPS) is 15.5. The van der Waals surface area contributed by atoms with Crippen molar-refractivity contribution in [1.29, 1.82) is 0 Å². The Labute approximate surface area is 160 Å². The molecule has 5 nitrogen and oxygen atoms in total. The average Bonchev–Trinajstić information content (AvgIpc) is 2.91. The second-order valence-corrected chi connectivity index (χ2v) is 7.00. The average molecular weight is 384 g/mol. The Hall–Kier alpha value is -2.93. The van der Waals surface area contributed by atoms with Crippen LogP contribution < -0.4 is 5.32 Å². The number of carbonyl (C=O) groups is 3. The molecule has 3 rings (SSSR count). The van der Waals surface area contributed by atoms with Crippen LogP contribution in [0.25, 0.3) is 6.08 Å². The lowest BCUT2D eigenvalue weighted by molar-refractivity contribution is -0.122. The van der Waals surface area contributed by atoms with E-state index in [-0.39, 0.29) is 29.7 Å². The second kappa shape index (κ2) is 8.18. The molecule has 138 valence electrons. The molecule has 2 aromatic carbocycles. The van der Waals surface area contributed by atoms with Crippen LogP contribution in [0.4, 0.5) is 9.18 Å². The van der Waals surface area contributed by atoms with E-state index in [0.29, 0.717) is 11.1 Å². The molecule has 0 aromatic heterocycles. The molecule has 1 aliphatic heterocycles. The summed E-state index contributed by atoms with van der Waals surface area (Å²) in [6, 6.07) is 12.8. The number of hydrogen-bond acceptors (Lipinski definition) is 4. The van der Waals surface area contributed by atoms with Gasteiger partial charge in [0.15, 0.2) is 0 Å². The molecule has 0 spiro atoms. The summed E-state index contributed by atoms with van der Waals surface area (Å²) in [7, 11) is 0. The van der Waals surface area contributed by atoms with Crippen LogP contribution in [-0.2, 0) is 4.79 Å². The smallest absolute Gasteiger partial charge is 0.293 e. The van der Waals surface area contributed by atoms with Crippen LogP contribution in [0.2, 0.25) is 0 Å². The fraction of sp³-hybridized carbons (Fsp3) is 0.150. The van der Waals surface area contributed by atoms with Crippen molar-refractivity contribution in [1.82, 2.24) is 10.2 Å². The largest absolute Gasteiger partial charge is 0.350 e. The number of rotatable bonds is 5. The summed E-state index contributed by atoms with van der Waals surface area (Å²) in [6.07, 6.45) is 1.55. The van der Waals surface area contributed by atoms with Crippen LogP contribution in [0, 0.1) is 12.7 Å². The van der Waals surface area contributed by atoms with Gasteiger partial charge in [0.25, 0.3) is 17.1 Å². The number of nitrogens with zero attached hydrogens (tertiary/aromatic N) is 1. The summed E-state index contributed by atoms with van der Waals surface area (Å²) in [5, 5.41) is 2.32. The van der Waals surface area contributed by atoms with E-state index in [4.69, 9.17) is 0 Å². The van der Waals surface area contributed by atoms with Crippen LogP contribution in [0.5, 0.6) is 0 Å². The van der Waals surface area contributed by atoms with E-state index in [9.17, 15) is 18.8 Å². The first-order chi connectivity index (χ1) is 12.9. The summed E-state index contributed by atoms with van der Waals surface area (Å²) in [5.74, 6) is -1.05. The van der Waals surface area contributed by atoms with Gasteiger partial charge in [-0.15, -0.1) is 0 Å². The van der Waals surface area contributed by atoms with Crippen molar-refractivity contribution in [2.24, 2.45) is 0 Å². The van der Waals surface area contributed by atoms with Crippen molar-refractivity contribution in [3.63, 3.8) is 0 Å². The van der Waals surface area contributed by atoms with Gasteiger partial charge < -0.3 is 5.32 Å². The third kappa shape index (κ3) is 4.62. The van der Waals surface area contributed by atoms with Gasteiger partial charge in [0.2, 0.25) is 0 Å². The predicted octanol–water partition coefficient (Wildman–Crippen LogP) is 3.60. The SMILES string of the molecule is Cc1cccc(C(=O)NCCN2C(=O)SC(=Cc3ccc(F)cc3)C2=O)c1. The molecule has 1 fully saturated rings. The molecular weight excluding hydrogens is 367 g/mol. The standard InChI is InChI=1S/C20H17FN2O3S/c1-13-3-2-4-15(11-13)18(24)22-9-10-23-19(25)17(27-20(23)26)12-14-5-7-16(21)8-6-14/h2-8,11-12H,9-10H2,1H3,(H,22,24). The maximum absolute atomic E-state index is 13.0. The minimum absolute atomic E-state index is 0.0863. The first-order valence-corrected chi connectivity index (χ1v) is 9.11. The number of halogens is 1. The molecule has 0 saturated carbocycles. The van der Waals surface area contributed by atoms with Crippen molar-refractivity contribution in [2.45, 2.75) is 6.92 Å². The van der Waals surface area contributed by atoms with Gasteiger partial charge >= 0.3 is 0 Å². The molecule has 7 heteroatoms. The van der Waals surface area contributed by atoms with Gasteiger partial charge in [0.1, 0.15) is 5.82 Å². The Bertz CT molecular complexity index is 925. The number of benzene rings is 2. The second-order valence-electron chi connectivity index (χ2n) is 6.01. The molecule has 1 heterocycles. The van der Waals surface area contributed by atoms with Gasteiger partial charge in [-0.1, -0.05) is 29.8 Å². The minimum Gasteiger partial charge on any atom is -0.350 e. The zero-order valence-corrected chi connectivity index (χ0v) is 15.4. The third-order valence-corrected chi connectivity index (χ3v) is 4.85. The van der Waals surface area contributed by atoms with E-state index in [1.807, 2.05) is 13.0 Å². The van der Waals surface area contributed by atoms with Crippen molar-refractivity contribution in [2.75, 3.05) is 13.1 Å². The van der Waals surface area contributed by atoms with E-state index in [1.165, 1.54) is 24.3 Å². The maximum Gasteiger partial charge on any atom is 0.293 e. The Morgan fingerprint density at radius 1 is 1.19 bits per heavy atom. The van der Waals surface area contributed by atoms with Gasteiger partial charge in [0, 0.05) is 18.7 Å². The highest BCUT2D eigenvalue weighted by atomic mass is 32.2. The van der Waals surface area contributed by atoms with Gasteiger partial charge in [0.05, 0.1) is 4.91 Å². The number of imide groups is 1. The number of carbonyl (C=O) groups excluding carboxylic acids is 3. The molecule has 0 radical (unpaired) electrons. The van der Waals surface area contributed by atoms with E-state index in [0.717, 1.165) is 22.2 Å². The molecule has 0 unspecified atom stereocenters. The quantitative estimate of drug-likeness (QED) is 0.800. The predicted molar refractivity (Wildman–Crippen MR) is 103 cm³/mol. The van der Waals surface area contributed by atoms with Crippen LogP contribution in [0.15, 0.2) is 53.4 Å². The maximum atomic E-state index is 13.0. The minimum atomic E-state index is -0.417. The Morgan fingerprint density at radius 3 is 2.63 bits per heavy atom. The molecular formula is C20H17FN2O3S. The number of amides is 3. The highest BCUT2D eigenvalue weighted by Crippen LogP contribution is 2.31. The summed E-state index contributed by atoms with van der Waals surface area (Å²) >= 11 is 0.830. The molecule has 1 saturated heterocycles. The van der Waals surface area contributed by atoms with Gasteiger partial charge in [-0.3, -0.25) is 19.3 Å². The first kappa shape index (κ1) is 18.8. The fourth-order valence-electron chi connectivity index (χ4n) is 2.57. The lowest BCUT2D eigenvalue weighted by Gasteiger charge is -2.13. The van der Waals surface area contributed by atoms with Crippen molar-refractivity contribution in [3.05, 3.63) is 75.9 Å². The lowest BCUT2D eigenvalue weighted by atomic mass is 10.1. The summed E-state index contributed by atoms with van der Waals surface area (Å²) in [4.78, 5) is 38.0. The van der Waals surface area contributed by atoms with Crippen molar-refractivity contribution >= 4 is 34.9 Å². The van der Waals surface area contributed by atoms with E-state index < -0.39 is 11.1 Å². The zero-order valence-electron chi connectivity index (χ0n) is 14.6. The van der Waals surface area contributed by atoms with E-state index >= 15 is 0 Å². The van der Waals surface area contributed by atoms with Gasteiger partial charge in [-0.25, -0.2) is 4.39 Å². The number of thioether (sulfide) groups is 1. The molecule has 3 amide bonds. The van der Waals surface area contributed by atoms with Crippen LogP contribution in [0.3, 0.4) is 0 Å². The highest BCUT2D eigenvalue weighted by Gasteiger charge is 2.34. The summed E-state index contributed by atoms with van der Waals surface area (Å²) in [6.45, 7) is 2.14. The Balaban J connectivity index is 1.59. The topological polar surface area (TPSA) is 66.5 Å². The summed E-state index contributed by atoms with van der Waals surface area (Å²) in [5.41, 5.74) is 2.13. The number of hydrogen-bond donors (Lipinski definition) is 1. The van der Waals surface area contributed by atoms with Crippen molar-refractivity contribution < 1.29 is 18.8 Å². The molecule has 0 bridgehead atoms. The number of nitrogens with one attached hydrogen (secondary N) is 1.